The van der Waals surface area contributed by atoms with E-state index in [9.17, 15) is 27.6 Å². The molecule has 4 rings (SSSR count). The van der Waals surface area contributed by atoms with Crippen LogP contribution in [0.3, 0.4) is 0 Å². The fourth-order valence-electron chi connectivity index (χ4n) is 3.14. The van der Waals surface area contributed by atoms with Crippen molar-refractivity contribution in [2.45, 2.75) is 13.1 Å². The molecule has 0 unspecified atom stereocenters. The molecule has 3 heterocycles. The third-order valence-corrected chi connectivity index (χ3v) is 4.46. The molecule has 8 nitrogen and oxygen atoms in total. The van der Waals surface area contributed by atoms with Crippen molar-refractivity contribution in [2.24, 2.45) is 0 Å². The van der Waals surface area contributed by atoms with Crippen LogP contribution in [0.5, 0.6) is 0 Å². The second kappa shape index (κ2) is 6.06. The Morgan fingerprint density at radius 3 is 2.41 bits per heavy atom. The number of hydrogen-bond acceptors (Lipinski definition) is 5. The van der Waals surface area contributed by atoms with Gasteiger partial charge < -0.3 is 5.73 Å². The number of aryl methyl sites for hydroxylation is 1. The highest BCUT2D eigenvalue weighted by Crippen LogP contribution is 2.34. The Morgan fingerprint density at radius 2 is 1.79 bits per heavy atom. The molecule has 0 aliphatic carbocycles. The summed E-state index contributed by atoms with van der Waals surface area (Å²) < 4.78 is 42.0. The Kier molecular flexibility index (Phi) is 3.86. The van der Waals surface area contributed by atoms with Crippen molar-refractivity contribution in [1.29, 1.82) is 0 Å². The number of fused-ring (bicyclic) bond motifs is 1. The summed E-state index contributed by atoms with van der Waals surface area (Å²) >= 11 is 0. The lowest BCUT2D eigenvalue weighted by atomic mass is 10.1. The zero-order valence-corrected chi connectivity index (χ0v) is 14.7. The standard InChI is InChI=1S/C18H12F3N5O3/c1-8-6-23-25(7-8)11-3-2-9(18(19,20)21)4-12(11)26-13(27)5-10-14(15(26)22)17(29)24-16(10)28/h2-7H,22H2,1H3,(H,24,28,29). The molecule has 1 aliphatic rings. The van der Waals surface area contributed by atoms with E-state index in [-0.39, 0.29) is 22.5 Å². The molecule has 0 fully saturated rings. The van der Waals surface area contributed by atoms with Crippen molar-refractivity contribution in [3.63, 3.8) is 0 Å². The number of nitrogen functional groups attached to an aromatic ring is 1. The number of pyridine rings is 1. The molecule has 3 aromatic rings. The Bertz CT molecular complexity index is 1260. The van der Waals surface area contributed by atoms with Crippen LogP contribution in [0, 0.1) is 6.92 Å². The van der Waals surface area contributed by atoms with Gasteiger partial charge in [-0.2, -0.15) is 18.3 Å². The van der Waals surface area contributed by atoms with Crippen LogP contribution in [0.25, 0.3) is 11.4 Å². The second-order valence-corrected chi connectivity index (χ2v) is 6.44. The number of nitrogens with two attached hydrogens (primary N) is 1. The monoisotopic (exact) mass is 403 g/mol. The summed E-state index contributed by atoms with van der Waals surface area (Å²) in [4.78, 5) is 36.5. The van der Waals surface area contributed by atoms with Gasteiger partial charge >= 0.3 is 6.18 Å². The minimum Gasteiger partial charge on any atom is -0.384 e. The largest absolute Gasteiger partial charge is 0.416 e. The van der Waals surface area contributed by atoms with Gasteiger partial charge in [-0.15, -0.1) is 0 Å². The van der Waals surface area contributed by atoms with Crippen LogP contribution in [0.4, 0.5) is 19.0 Å². The molecule has 0 saturated carbocycles. The minimum absolute atomic E-state index is 0.129. The van der Waals surface area contributed by atoms with Crippen LogP contribution in [0.1, 0.15) is 31.8 Å². The van der Waals surface area contributed by atoms with E-state index in [2.05, 4.69) is 5.10 Å². The van der Waals surface area contributed by atoms with Gasteiger partial charge in [0.15, 0.2) is 0 Å². The number of anilines is 1. The van der Waals surface area contributed by atoms with Gasteiger partial charge in [-0.05, 0) is 30.7 Å². The van der Waals surface area contributed by atoms with E-state index in [1.54, 1.807) is 13.1 Å². The Balaban J connectivity index is 2.07. The predicted octanol–water partition coefficient (Wildman–Crippen LogP) is 1.82. The predicted molar refractivity (Wildman–Crippen MR) is 95.1 cm³/mol. The second-order valence-electron chi connectivity index (χ2n) is 6.44. The molecule has 3 N–H and O–H groups in total. The van der Waals surface area contributed by atoms with Crippen molar-refractivity contribution >= 4 is 17.6 Å². The molecule has 2 amide bonds. The van der Waals surface area contributed by atoms with E-state index in [1.165, 1.54) is 10.9 Å². The summed E-state index contributed by atoms with van der Waals surface area (Å²) in [5.41, 5.74) is 4.22. The number of carbonyl (C=O) groups is 2. The van der Waals surface area contributed by atoms with Crippen LogP contribution in [-0.4, -0.2) is 26.2 Å². The molecule has 0 bridgehead atoms. The minimum atomic E-state index is -4.68. The van der Waals surface area contributed by atoms with Gasteiger partial charge in [0.25, 0.3) is 17.4 Å². The van der Waals surface area contributed by atoms with Crippen molar-refractivity contribution in [1.82, 2.24) is 19.7 Å². The van der Waals surface area contributed by atoms with E-state index >= 15 is 0 Å². The number of benzene rings is 1. The zero-order chi connectivity index (χ0) is 21.1. The number of carbonyl (C=O) groups excluding carboxylic acids is 2. The van der Waals surface area contributed by atoms with Crippen LogP contribution in [0.2, 0.25) is 0 Å². The highest BCUT2D eigenvalue weighted by atomic mass is 19.4. The normalized spacial score (nSPS) is 13.5. The van der Waals surface area contributed by atoms with E-state index in [4.69, 9.17) is 5.73 Å². The van der Waals surface area contributed by atoms with Gasteiger partial charge in [-0.3, -0.25) is 24.3 Å². The molecule has 29 heavy (non-hydrogen) atoms. The third-order valence-electron chi connectivity index (χ3n) is 4.46. The van der Waals surface area contributed by atoms with Crippen LogP contribution < -0.4 is 16.6 Å². The average Bonchev–Trinajstić information content (AvgIpc) is 3.17. The summed E-state index contributed by atoms with van der Waals surface area (Å²) in [6.07, 6.45) is -1.64. The zero-order valence-electron chi connectivity index (χ0n) is 14.7. The molecular formula is C18H12F3N5O3. The number of alkyl halides is 3. The van der Waals surface area contributed by atoms with Crippen molar-refractivity contribution in [3.8, 4) is 11.4 Å². The number of imide groups is 1. The fourth-order valence-corrected chi connectivity index (χ4v) is 3.14. The van der Waals surface area contributed by atoms with Crippen LogP contribution in [-0.2, 0) is 6.18 Å². The maximum absolute atomic E-state index is 13.3. The lowest BCUT2D eigenvalue weighted by Crippen LogP contribution is -2.25. The number of amides is 2. The van der Waals surface area contributed by atoms with E-state index < -0.39 is 34.9 Å². The van der Waals surface area contributed by atoms with Crippen molar-refractivity contribution < 1.29 is 22.8 Å². The number of aromatic nitrogens is 3. The van der Waals surface area contributed by atoms with E-state index in [0.717, 1.165) is 34.4 Å². The SMILES string of the molecule is Cc1cnn(-c2ccc(C(F)(F)F)cc2-n2c(N)c3c(cc2=O)C(=O)NC3=O)c1. The number of hydrogen-bond donors (Lipinski definition) is 2. The first kappa shape index (κ1) is 18.5. The number of nitrogens with one attached hydrogen (secondary N) is 1. The summed E-state index contributed by atoms with van der Waals surface area (Å²) in [6.45, 7) is 1.74. The smallest absolute Gasteiger partial charge is 0.384 e. The van der Waals surface area contributed by atoms with Crippen molar-refractivity contribution in [2.75, 3.05) is 5.73 Å². The van der Waals surface area contributed by atoms with Gasteiger partial charge in [-0.25, -0.2) is 4.68 Å². The molecule has 2 aromatic heterocycles. The van der Waals surface area contributed by atoms with Crippen LogP contribution >= 0.6 is 0 Å². The van der Waals surface area contributed by atoms with Gasteiger partial charge in [0.2, 0.25) is 0 Å². The molecule has 0 saturated heterocycles. The van der Waals surface area contributed by atoms with Gasteiger partial charge in [0, 0.05) is 12.3 Å². The van der Waals surface area contributed by atoms with Gasteiger partial charge in [-0.1, -0.05) is 0 Å². The van der Waals surface area contributed by atoms with Gasteiger partial charge in [0.1, 0.15) is 5.82 Å². The average molecular weight is 403 g/mol. The third kappa shape index (κ3) is 2.87. The first-order valence-electron chi connectivity index (χ1n) is 8.22. The topological polar surface area (TPSA) is 112 Å². The lowest BCUT2D eigenvalue weighted by Gasteiger charge is -2.18. The van der Waals surface area contributed by atoms with Crippen LogP contribution in [0.15, 0.2) is 41.5 Å². The van der Waals surface area contributed by atoms with Crippen molar-refractivity contribution in [3.05, 3.63) is 69.3 Å². The molecule has 0 atom stereocenters. The molecule has 11 heteroatoms. The lowest BCUT2D eigenvalue weighted by molar-refractivity contribution is -0.137. The molecule has 1 aromatic carbocycles. The molecule has 1 aliphatic heterocycles. The number of nitrogens with zero attached hydrogens (tertiary/aromatic N) is 3. The number of halogens is 3. The summed E-state index contributed by atoms with van der Waals surface area (Å²) in [6, 6.07) is 3.60. The molecule has 148 valence electrons. The first-order chi connectivity index (χ1) is 13.6. The highest BCUT2D eigenvalue weighted by molar-refractivity contribution is 6.23. The number of rotatable bonds is 2. The fraction of sp³-hybridized carbons (Fsp3) is 0.111. The molecule has 0 radical (unpaired) electrons. The Hall–Kier alpha value is -3.89. The summed E-state index contributed by atoms with van der Waals surface area (Å²) in [5, 5.41) is 6.08. The Labute approximate surface area is 160 Å². The van der Waals surface area contributed by atoms with Gasteiger partial charge in [0.05, 0.1) is 34.3 Å². The maximum atomic E-state index is 13.3. The molecular weight excluding hydrogens is 391 g/mol. The quantitative estimate of drug-likeness (QED) is 0.634. The molecule has 0 spiro atoms. The highest BCUT2D eigenvalue weighted by Gasteiger charge is 2.34. The Morgan fingerprint density at radius 1 is 1.07 bits per heavy atom. The first-order valence-corrected chi connectivity index (χ1v) is 8.22. The summed E-state index contributed by atoms with van der Waals surface area (Å²) in [7, 11) is 0. The van der Waals surface area contributed by atoms with E-state index in [1.807, 2.05) is 5.32 Å². The maximum Gasteiger partial charge on any atom is 0.416 e. The van der Waals surface area contributed by atoms with E-state index in [0.29, 0.717) is 0 Å². The summed E-state index contributed by atoms with van der Waals surface area (Å²) in [5.74, 6) is -2.08.